The van der Waals surface area contributed by atoms with Gasteiger partial charge in [-0.25, -0.2) is 0 Å². The van der Waals surface area contributed by atoms with Crippen molar-refractivity contribution >= 4 is 17.5 Å². The number of nitrogens with zero attached hydrogens (tertiary/aromatic N) is 1. The lowest BCUT2D eigenvalue weighted by molar-refractivity contribution is -0.122. The van der Waals surface area contributed by atoms with Crippen LogP contribution in [0.5, 0.6) is 0 Å². The van der Waals surface area contributed by atoms with Gasteiger partial charge in [0.1, 0.15) is 0 Å². The minimum atomic E-state index is 0.0416. The summed E-state index contributed by atoms with van der Waals surface area (Å²) in [4.78, 5) is 14.2. The van der Waals surface area contributed by atoms with Gasteiger partial charge >= 0.3 is 0 Å². The topological polar surface area (TPSA) is 32.3 Å². The van der Waals surface area contributed by atoms with Crippen molar-refractivity contribution in [1.82, 2.24) is 10.2 Å². The van der Waals surface area contributed by atoms with E-state index in [4.69, 9.17) is 11.6 Å². The van der Waals surface area contributed by atoms with Crippen molar-refractivity contribution < 1.29 is 4.79 Å². The molecule has 0 saturated heterocycles. The van der Waals surface area contributed by atoms with E-state index in [1.54, 1.807) is 0 Å². The molecule has 0 aliphatic carbocycles. The van der Waals surface area contributed by atoms with Gasteiger partial charge in [-0.15, -0.1) is 0 Å². The fourth-order valence-corrected chi connectivity index (χ4v) is 2.87. The molecule has 0 spiro atoms. The van der Waals surface area contributed by atoms with Gasteiger partial charge in [0.05, 0.1) is 6.54 Å². The van der Waals surface area contributed by atoms with Gasteiger partial charge < -0.3 is 5.32 Å². The zero-order chi connectivity index (χ0) is 17.5. The Morgan fingerprint density at radius 2 is 1.96 bits per heavy atom. The molecule has 0 bridgehead atoms. The maximum absolute atomic E-state index is 12.2. The van der Waals surface area contributed by atoms with Gasteiger partial charge in [-0.3, -0.25) is 9.69 Å². The quantitative estimate of drug-likeness (QED) is 0.823. The summed E-state index contributed by atoms with van der Waals surface area (Å²) in [5.74, 6) is 0.0416. The minimum absolute atomic E-state index is 0.0416. The van der Waals surface area contributed by atoms with E-state index in [0.29, 0.717) is 13.1 Å². The highest BCUT2D eigenvalue weighted by Crippen LogP contribution is 2.21. The van der Waals surface area contributed by atoms with Crippen molar-refractivity contribution in [2.24, 2.45) is 0 Å². The average molecular weight is 345 g/mol. The Kier molecular flexibility index (Phi) is 6.83. The molecular formula is C20H25ClN2O. The number of benzene rings is 2. The molecule has 0 heterocycles. The molecule has 2 aromatic rings. The second kappa shape index (κ2) is 8.86. The third-order valence-electron chi connectivity index (χ3n) is 4.36. The van der Waals surface area contributed by atoms with E-state index in [2.05, 4.69) is 31.3 Å². The smallest absolute Gasteiger partial charge is 0.234 e. The highest BCUT2D eigenvalue weighted by Gasteiger charge is 2.15. The summed E-state index contributed by atoms with van der Waals surface area (Å²) in [6.07, 6.45) is 0.853. The zero-order valence-electron chi connectivity index (χ0n) is 14.6. The summed E-state index contributed by atoms with van der Waals surface area (Å²) >= 11 is 6.04. The molecular weight excluding hydrogens is 320 g/mol. The molecule has 0 radical (unpaired) electrons. The molecule has 1 amide bonds. The molecule has 0 fully saturated rings. The molecule has 24 heavy (non-hydrogen) atoms. The van der Waals surface area contributed by atoms with Crippen molar-refractivity contribution in [1.29, 1.82) is 0 Å². The van der Waals surface area contributed by atoms with E-state index >= 15 is 0 Å². The predicted octanol–water partition coefficient (Wildman–Crippen LogP) is 4.00. The molecule has 0 aliphatic rings. The fourth-order valence-electron chi connectivity index (χ4n) is 2.67. The Labute approximate surface area is 149 Å². The first-order valence-corrected chi connectivity index (χ1v) is 8.62. The maximum Gasteiger partial charge on any atom is 0.234 e. The van der Waals surface area contributed by atoms with Crippen LogP contribution in [0, 0.1) is 6.92 Å². The number of nitrogens with one attached hydrogen (secondary N) is 1. The monoisotopic (exact) mass is 344 g/mol. The van der Waals surface area contributed by atoms with Crippen LogP contribution in [-0.2, 0) is 11.2 Å². The third-order valence-corrected chi connectivity index (χ3v) is 4.60. The lowest BCUT2D eigenvalue weighted by Gasteiger charge is -2.24. The van der Waals surface area contributed by atoms with Gasteiger partial charge in [0.2, 0.25) is 5.91 Å². The largest absolute Gasteiger partial charge is 0.355 e. The Balaban J connectivity index is 1.80. The Morgan fingerprint density at radius 3 is 2.67 bits per heavy atom. The number of hydrogen-bond donors (Lipinski definition) is 1. The molecule has 1 atom stereocenters. The summed E-state index contributed by atoms with van der Waals surface area (Å²) in [5, 5.41) is 3.72. The van der Waals surface area contributed by atoms with Crippen LogP contribution in [0.4, 0.5) is 0 Å². The molecule has 1 N–H and O–H groups in total. The summed E-state index contributed by atoms with van der Waals surface area (Å²) in [7, 11) is 1.95. The van der Waals surface area contributed by atoms with Crippen LogP contribution in [0.25, 0.3) is 0 Å². The second-order valence-corrected chi connectivity index (χ2v) is 6.61. The summed E-state index contributed by atoms with van der Waals surface area (Å²) < 4.78 is 0. The molecule has 2 rings (SSSR count). The summed E-state index contributed by atoms with van der Waals surface area (Å²) in [6.45, 7) is 5.19. The normalized spacial score (nSPS) is 12.2. The lowest BCUT2D eigenvalue weighted by Crippen LogP contribution is -2.37. The number of likely N-dealkylation sites (N-methyl/N-ethyl adjacent to an activating group) is 1. The fraction of sp³-hybridized carbons (Fsp3) is 0.350. The van der Waals surface area contributed by atoms with Gasteiger partial charge in [-0.2, -0.15) is 0 Å². The number of aryl methyl sites for hydroxylation is 1. The Hall–Kier alpha value is -1.84. The molecule has 0 aromatic heterocycles. The maximum atomic E-state index is 12.2. The number of rotatable bonds is 7. The first kappa shape index (κ1) is 18.5. The highest BCUT2D eigenvalue weighted by atomic mass is 35.5. The van der Waals surface area contributed by atoms with Crippen molar-refractivity contribution in [3.63, 3.8) is 0 Å². The number of carbonyl (C=O) groups is 1. The van der Waals surface area contributed by atoms with E-state index in [0.717, 1.165) is 17.0 Å². The predicted molar refractivity (Wildman–Crippen MR) is 100 cm³/mol. The van der Waals surface area contributed by atoms with Gasteiger partial charge in [0.25, 0.3) is 0 Å². The second-order valence-electron chi connectivity index (χ2n) is 6.17. The van der Waals surface area contributed by atoms with E-state index < -0.39 is 0 Å². The molecule has 0 saturated carbocycles. The van der Waals surface area contributed by atoms with Gasteiger partial charge in [0.15, 0.2) is 0 Å². The van der Waals surface area contributed by atoms with Crippen LogP contribution in [-0.4, -0.2) is 30.9 Å². The highest BCUT2D eigenvalue weighted by molar-refractivity contribution is 6.30. The van der Waals surface area contributed by atoms with Crippen molar-refractivity contribution in [2.75, 3.05) is 20.1 Å². The number of amides is 1. The summed E-state index contributed by atoms with van der Waals surface area (Å²) in [5.41, 5.74) is 3.65. The van der Waals surface area contributed by atoms with E-state index in [-0.39, 0.29) is 11.9 Å². The van der Waals surface area contributed by atoms with Crippen molar-refractivity contribution in [3.05, 3.63) is 70.2 Å². The van der Waals surface area contributed by atoms with E-state index in [9.17, 15) is 4.79 Å². The lowest BCUT2D eigenvalue weighted by atomic mass is 10.1. The van der Waals surface area contributed by atoms with Crippen LogP contribution in [0.15, 0.2) is 48.5 Å². The van der Waals surface area contributed by atoms with Crippen molar-refractivity contribution in [3.8, 4) is 0 Å². The van der Waals surface area contributed by atoms with Crippen LogP contribution >= 0.6 is 11.6 Å². The zero-order valence-corrected chi connectivity index (χ0v) is 15.3. The molecule has 2 aromatic carbocycles. The SMILES string of the molecule is Cc1ccccc1CCNC(=O)CN(C)C(C)c1cccc(Cl)c1. The van der Waals surface area contributed by atoms with E-state index in [1.807, 2.05) is 48.3 Å². The average Bonchev–Trinajstić information content (AvgIpc) is 2.56. The Bertz CT molecular complexity index is 687. The van der Waals surface area contributed by atoms with Crippen LogP contribution < -0.4 is 5.32 Å². The molecule has 4 heteroatoms. The first-order chi connectivity index (χ1) is 11.5. The molecule has 0 aliphatic heterocycles. The van der Waals surface area contributed by atoms with Gasteiger partial charge in [-0.05, 0) is 56.1 Å². The van der Waals surface area contributed by atoms with Crippen molar-refractivity contribution in [2.45, 2.75) is 26.3 Å². The minimum Gasteiger partial charge on any atom is -0.355 e. The number of halogens is 1. The van der Waals surface area contributed by atoms with Crippen LogP contribution in [0.1, 0.15) is 29.7 Å². The Morgan fingerprint density at radius 1 is 1.21 bits per heavy atom. The van der Waals surface area contributed by atoms with Crippen LogP contribution in [0.3, 0.4) is 0 Å². The van der Waals surface area contributed by atoms with E-state index in [1.165, 1.54) is 11.1 Å². The van der Waals surface area contributed by atoms with Crippen LogP contribution in [0.2, 0.25) is 5.02 Å². The van der Waals surface area contributed by atoms with Gasteiger partial charge in [0, 0.05) is 17.6 Å². The first-order valence-electron chi connectivity index (χ1n) is 8.24. The number of carbonyl (C=O) groups excluding carboxylic acids is 1. The van der Waals surface area contributed by atoms with Gasteiger partial charge in [-0.1, -0.05) is 48.0 Å². The third kappa shape index (κ3) is 5.36. The molecule has 3 nitrogen and oxygen atoms in total. The molecule has 1 unspecified atom stereocenters. The molecule has 128 valence electrons. The number of hydrogen-bond acceptors (Lipinski definition) is 2. The standard InChI is InChI=1S/C20H25ClN2O/c1-15-7-4-5-8-17(15)11-12-22-20(24)14-23(3)16(2)18-9-6-10-19(21)13-18/h4-10,13,16H,11-12,14H2,1-3H3,(H,22,24). The summed E-state index contributed by atoms with van der Waals surface area (Å²) in [6, 6.07) is 16.2.